The van der Waals surface area contributed by atoms with Crippen LogP contribution in [0.5, 0.6) is 0 Å². The van der Waals surface area contributed by atoms with Gasteiger partial charge in [0.2, 0.25) is 0 Å². The number of halogens is 2. The first-order valence-electron chi connectivity index (χ1n) is 8.07. The molecule has 1 unspecified atom stereocenters. The van der Waals surface area contributed by atoms with E-state index in [0.29, 0.717) is 17.1 Å². The maximum Gasteiger partial charge on any atom is 0.255 e. The molecule has 3 aromatic rings. The molecule has 2 aromatic carbocycles. The number of pyridine rings is 1. The fourth-order valence-electron chi connectivity index (χ4n) is 2.52. The van der Waals surface area contributed by atoms with E-state index in [1.165, 1.54) is 12.1 Å². The van der Waals surface area contributed by atoms with Crippen LogP contribution in [-0.2, 0) is 0 Å². The molecule has 0 bridgehead atoms. The van der Waals surface area contributed by atoms with Crippen molar-refractivity contribution in [1.29, 1.82) is 0 Å². The highest BCUT2D eigenvalue weighted by Crippen LogP contribution is 2.21. The quantitative estimate of drug-likeness (QED) is 0.602. The van der Waals surface area contributed by atoms with Crippen molar-refractivity contribution >= 4 is 33.3 Å². The topological polar surface area (TPSA) is 54.0 Å². The maximum absolute atomic E-state index is 13.4. The van der Waals surface area contributed by atoms with E-state index < -0.39 is 0 Å². The molecule has 26 heavy (non-hydrogen) atoms. The average molecular weight is 414 g/mol. The van der Waals surface area contributed by atoms with Crippen molar-refractivity contribution in [2.24, 2.45) is 0 Å². The van der Waals surface area contributed by atoms with Crippen LogP contribution in [0, 0.1) is 5.82 Å². The third-order valence-electron chi connectivity index (χ3n) is 3.84. The molecule has 4 nitrogen and oxygen atoms in total. The highest BCUT2D eigenvalue weighted by atomic mass is 79.9. The van der Waals surface area contributed by atoms with Gasteiger partial charge in [0.15, 0.2) is 0 Å². The Labute approximate surface area is 159 Å². The first kappa shape index (κ1) is 18.1. The summed E-state index contributed by atoms with van der Waals surface area (Å²) in [6.45, 7) is 1.91. The molecule has 1 aromatic heterocycles. The van der Waals surface area contributed by atoms with Crippen LogP contribution < -0.4 is 10.6 Å². The zero-order valence-corrected chi connectivity index (χ0v) is 15.6. The lowest BCUT2D eigenvalue weighted by Crippen LogP contribution is -2.27. The van der Waals surface area contributed by atoms with Gasteiger partial charge in [0.25, 0.3) is 5.91 Å². The van der Waals surface area contributed by atoms with Crippen molar-refractivity contribution in [3.63, 3.8) is 0 Å². The van der Waals surface area contributed by atoms with E-state index in [0.717, 1.165) is 10.0 Å². The SMILES string of the molecule is CC(NC(=O)c1cccnc1Nc1cccc(F)c1)c1cccc(Br)c1. The molecule has 2 N–H and O–H groups in total. The summed E-state index contributed by atoms with van der Waals surface area (Å²) in [4.78, 5) is 16.9. The van der Waals surface area contributed by atoms with Crippen LogP contribution in [0.15, 0.2) is 71.3 Å². The van der Waals surface area contributed by atoms with Gasteiger partial charge in [-0.2, -0.15) is 0 Å². The molecule has 1 atom stereocenters. The molecule has 6 heteroatoms. The van der Waals surface area contributed by atoms with Gasteiger partial charge in [0.05, 0.1) is 11.6 Å². The van der Waals surface area contributed by atoms with Crippen LogP contribution in [0.25, 0.3) is 0 Å². The lowest BCUT2D eigenvalue weighted by Gasteiger charge is -2.16. The predicted octanol–water partition coefficient (Wildman–Crippen LogP) is 5.22. The van der Waals surface area contributed by atoms with Crippen molar-refractivity contribution in [3.8, 4) is 0 Å². The second-order valence-electron chi connectivity index (χ2n) is 5.79. The standard InChI is InChI=1S/C20H17BrFN3O/c1-13(14-5-2-6-15(21)11-14)24-20(26)18-9-4-10-23-19(18)25-17-8-3-7-16(22)12-17/h2-13H,1H3,(H,23,25)(H,24,26). The number of nitrogens with one attached hydrogen (secondary N) is 2. The smallest absolute Gasteiger partial charge is 0.255 e. The number of aromatic nitrogens is 1. The minimum atomic E-state index is -0.361. The van der Waals surface area contributed by atoms with Gasteiger partial charge in [-0.3, -0.25) is 4.79 Å². The Morgan fingerprint density at radius 2 is 1.92 bits per heavy atom. The van der Waals surface area contributed by atoms with Crippen molar-refractivity contribution < 1.29 is 9.18 Å². The number of benzene rings is 2. The van der Waals surface area contributed by atoms with Crippen LogP contribution in [0.1, 0.15) is 28.9 Å². The number of hydrogen-bond donors (Lipinski definition) is 2. The number of amides is 1. The molecule has 0 fully saturated rings. The third kappa shape index (κ3) is 4.46. The van der Waals surface area contributed by atoms with E-state index >= 15 is 0 Å². The Kier molecular flexibility index (Phi) is 5.63. The maximum atomic E-state index is 13.4. The summed E-state index contributed by atoms with van der Waals surface area (Å²) in [7, 11) is 0. The lowest BCUT2D eigenvalue weighted by atomic mass is 10.1. The lowest BCUT2D eigenvalue weighted by molar-refractivity contribution is 0.0940. The average Bonchev–Trinajstić information content (AvgIpc) is 2.62. The summed E-state index contributed by atoms with van der Waals surface area (Å²) in [5, 5.41) is 5.96. The molecule has 0 saturated carbocycles. The van der Waals surface area contributed by atoms with Gasteiger partial charge in [0, 0.05) is 16.4 Å². The van der Waals surface area contributed by atoms with Crippen LogP contribution in [0.3, 0.4) is 0 Å². The molecule has 132 valence electrons. The number of anilines is 2. The normalized spacial score (nSPS) is 11.7. The van der Waals surface area contributed by atoms with Crippen molar-refractivity contribution in [2.45, 2.75) is 13.0 Å². The van der Waals surface area contributed by atoms with E-state index in [-0.39, 0.29) is 17.8 Å². The van der Waals surface area contributed by atoms with Crippen molar-refractivity contribution in [1.82, 2.24) is 10.3 Å². The second kappa shape index (κ2) is 8.10. The summed E-state index contributed by atoms with van der Waals surface area (Å²) in [6.07, 6.45) is 1.58. The van der Waals surface area contributed by atoms with Gasteiger partial charge in [-0.1, -0.05) is 34.1 Å². The summed E-state index contributed by atoms with van der Waals surface area (Å²) < 4.78 is 14.3. The molecular formula is C20H17BrFN3O. The molecule has 0 radical (unpaired) electrons. The molecule has 0 aliphatic heterocycles. The summed E-state index contributed by atoms with van der Waals surface area (Å²) in [5.74, 6) is -0.248. The highest BCUT2D eigenvalue weighted by Gasteiger charge is 2.16. The van der Waals surface area contributed by atoms with Gasteiger partial charge in [0.1, 0.15) is 11.6 Å². The van der Waals surface area contributed by atoms with Crippen molar-refractivity contribution in [2.75, 3.05) is 5.32 Å². The zero-order chi connectivity index (χ0) is 18.5. The number of hydrogen-bond acceptors (Lipinski definition) is 3. The molecule has 1 amide bonds. The second-order valence-corrected chi connectivity index (χ2v) is 6.70. The molecular weight excluding hydrogens is 397 g/mol. The largest absolute Gasteiger partial charge is 0.345 e. The van der Waals surface area contributed by atoms with E-state index in [2.05, 4.69) is 31.5 Å². The van der Waals surface area contributed by atoms with Crippen LogP contribution in [-0.4, -0.2) is 10.9 Å². The number of rotatable bonds is 5. The minimum Gasteiger partial charge on any atom is -0.345 e. The van der Waals surface area contributed by atoms with Gasteiger partial charge >= 0.3 is 0 Å². The Hall–Kier alpha value is -2.73. The van der Waals surface area contributed by atoms with E-state index in [9.17, 15) is 9.18 Å². The van der Waals surface area contributed by atoms with E-state index in [1.54, 1.807) is 30.5 Å². The summed E-state index contributed by atoms with van der Waals surface area (Å²) in [5.41, 5.74) is 1.90. The Morgan fingerprint density at radius 1 is 1.12 bits per heavy atom. The van der Waals surface area contributed by atoms with Gasteiger partial charge < -0.3 is 10.6 Å². The molecule has 0 saturated heterocycles. The molecule has 1 heterocycles. The Morgan fingerprint density at radius 3 is 2.69 bits per heavy atom. The molecule has 3 rings (SSSR count). The molecule has 0 spiro atoms. The van der Waals surface area contributed by atoms with Crippen molar-refractivity contribution in [3.05, 3.63) is 88.3 Å². The van der Waals surface area contributed by atoms with Crippen LogP contribution in [0.4, 0.5) is 15.9 Å². The van der Waals surface area contributed by atoms with E-state index in [4.69, 9.17) is 0 Å². The number of carbonyl (C=O) groups is 1. The monoisotopic (exact) mass is 413 g/mol. The predicted molar refractivity (Wildman–Crippen MR) is 104 cm³/mol. The zero-order valence-electron chi connectivity index (χ0n) is 14.0. The minimum absolute atomic E-state index is 0.178. The fraction of sp³-hybridized carbons (Fsp3) is 0.100. The van der Waals surface area contributed by atoms with Crippen LogP contribution >= 0.6 is 15.9 Å². The number of nitrogens with zero attached hydrogens (tertiary/aromatic N) is 1. The van der Waals surface area contributed by atoms with E-state index in [1.807, 2.05) is 31.2 Å². The third-order valence-corrected chi connectivity index (χ3v) is 4.33. The van der Waals surface area contributed by atoms with Gasteiger partial charge in [-0.25, -0.2) is 9.37 Å². The number of carbonyl (C=O) groups excluding carboxylic acids is 1. The van der Waals surface area contributed by atoms with Gasteiger partial charge in [-0.05, 0) is 55.0 Å². The first-order valence-corrected chi connectivity index (χ1v) is 8.86. The highest BCUT2D eigenvalue weighted by molar-refractivity contribution is 9.10. The van der Waals surface area contributed by atoms with Gasteiger partial charge in [-0.15, -0.1) is 0 Å². The fourth-order valence-corrected chi connectivity index (χ4v) is 2.94. The summed E-state index contributed by atoms with van der Waals surface area (Å²) in [6, 6.07) is 17.0. The molecule has 0 aliphatic rings. The van der Waals surface area contributed by atoms with Crippen LogP contribution in [0.2, 0.25) is 0 Å². The Bertz CT molecular complexity index is 932. The Balaban J connectivity index is 1.79. The molecule has 0 aliphatic carbocycles. The first-order chi connectivity index (χ1) is 12.5. The summed E-state index contributed by atoms with van der Waals surface area (Å²) >= 11 is 3.43.